The number of carbonyl (C=O) groups excluding carboxylic acids is 1. The van der Waals surface area contributed by atoms with Gasteiger partial charge in [0.25, 0.3) is 5.91 Å². The topological polar surface area (TPSA) is 82.0 Å². The fourth-order valence-electron chi connectivity index (χ4n) is 2.42. The Kier molecular flexibility index (Phi) is 4.65. The number of nitrogens with zero attached hydrogens (tertiary/aromatic N) is 2. The van der Waals surface area contributed by atoms with Gasteiger partial charge < -0.3 is 19.5 Å². The number of aromatic nitrogens is 1. The number of nitrogens with one attached hydrogen (secondary N) is 1. The quantitative estimate of drug-likeness (QED) is 0.843. The Labute approximate surface area is 145 Å². The van der Waals surface area contributed by atoms with E-state index in [0.29, 0.717) is 28.6 Å². The lowest BCUT2D eigenvalue weighted by molar-refractivity contribution is -0.115. The average Bonchev–Trinajstić information content (AvgIpc) is 3.02. The van der Waals surface area contributed by atoms with Gasteiger partial charge in [0.05, 0.1) is 21.3 Å². The zero-order valence-corrected chi connectivity index (χ0v) is 14.1. The fraction of sp³-hybridized carbons (Fsp3) is 0.167. The van der Waals surface area contributed by atoms with E-state index in [9.17, 15) is 4.79 Å². The third-order valence-electron chi connectivity index (χ3n) is 3.66. The maximum absolute atomic E-state index is 12.2. The molecule has 3 rings (SSSR count). The van der Waals surface area contributed by atoms with E-state index in [2.05, 4.69) is 15.3 Å². The van der Waals surface area contributed by atoms with Crippen molar-refractivity contribution >= 4 is 17.8 Å². The van der Waals surface area contributed by atoms with Crippen LogP contribution in [0.2, 0.25) is 0 Å². The molecule has 1 aliphatic rings. The fourth-order valence-corrected chi connectivity index (χ4v) is 2.42. The van der Waals surface area contributed by atoms with Crippen molar-refractivity contribution in [2.75, 3.05) is 21.3 Å². The van der Waals surface area contributed by atoms with Crippen LogP contribution < -0.4 is 19.5 Å². The third kappa shape index (κ3) is 3.30. The first kappa shape index (κ1) is 16.5. The summed E-state index contributed by atoms with van der Waals surface area (Å²) in [7, 11) is 4.63. The highest BCUT2D eigenvalue weighted by Crippen LogP contribution is 2.36. The molecule has 1 N–H and O–H groups in total. The Balaban J connectivity index is 2.02. The Bertz CT molecular complexity index is 860. The highest BCUT2D eigenvalue weighted by atomic mass is 16.5. The van der Waals surface area contributed by atoms with E-state index in [1.165, 1.54) is 0 Å². The van der Waals surface area contributed by atoms with Gasteiger partial charge in [0.2, 0.25) is 0 Å². The lowest BCUT2D eigenvalue weighted by atomic mass is 10.1. The number of carbonyl (C=O) groups is 1. The van der Waals surface area contributed by atoms with Crippen LogP contribution in [0.25, 0.3) is 6.08 Å². The summed E-state index contributed by atoms with van der Waals surface area (Å²) in [5, 5.41) is 2.74. The van der Waals surface area contributed by atoms with E-state index >= 15 is 0 Å². The van der Waals surface area contributed by atoms with Crippen molar-refractivity contribution < 1.29 is 19.0 Å². The van der Waals surface area contributed by atoms with Gasteiger partial charge in [0.1, 0.15) is 17.3 Å². The molecule has 0 atom stereocenters. The largest absolute Gasteiger partial charge is 0.496 e. The summed E-state index contributed by atoms with van der Waals surface area (Å²) in [5.41, 5.74) is 1.66. The number of benzene rings is 1. The van der Waals surface area contributed by atoms with Crippen molar-refractivity contribution in [1.82, 2.24) is 10.3 Å². The molecule has 2 heterocycles. The molecule has 1 aromatic heterocycles. The molecule has 128 valence electrons. The van der Waals surface area contributed by atoms with Gasteiger partial charge in [-0.2, -0.15) is 0 Å². The molecule has 1 amide bonds. The zero-order valence-electron chi connectivity index (χ0n) is 14.1. The van der Waals surface area contributed by atoms with Gasteiger partial charge in [-0.1, -0.05) is 0 Å². The molecule has 1 aromatic carbocycles. The molecule has 25 heavy (non-hydrogen) atoms. The molecule has 0 radical (unpaired) electrons. The number of hydrogen-bond acceptors (Lipinski definition) is 6. The number of ether oxygens (including phenoxy) is 3. The molecule has 0 spiro atoms. The van der Waals surface area contributed by atoms with Crippen LogP contribution in [0.1, 0.15) is 11.1 Å². The molecule has 0 unspecified atom stereocenters. The van der Waals surface area contributed by atoms with Crippen LogP contribution in [-0.4, -0.2) is 38.1 Å². The second kappa shape index (κ2) is 7.04. The maximum atomic E-state index is 12.2. The van der Waals surface area contributed by atoms with E-state index in [0.717, 1.165) is 5.56 Å². The maximum Gasteiger partial charge on any atom is 0.275 e. The van der Waals surface area contributed by atoms with Crippen LogP contribution in [0.5, 0.6) is 17.2 Å². The predicted octanol–water partition coefficient (Wildman–Crippen LogP) is 2.02. The number of amides is 1. The summed E-state index contributed by atoms with van der Waals surface area (Å²) in [4.78, 5) is 20.6. The van der Waals surface area contributed by atoms with Gasteiger partial charge in [0.15, 0.2) is 11.5 Å². The van der Waals surface area contributed by atoms with Crippen LogP contribution in [0.4, 0.5) is 0 Å². The van der Waals surface area contributed by atoms with Crippen molar-refractivity contribution in [3.63, 3.8) is 0 Å². The van der Waals surface area contributed by atoms with Gasteiger partial charge in [-0.05, 0) is 24.3 Å². The van der Waals surface area contributed by atoms with Crippen molar-refractivity contribution in [3.8, 4) is 17.2 Å². The van der Waals surface area contributed by atoms with Crippen molar-refractivity contribution in [2.45, 2.75) is 0 Å². The minimum Gasteiger partial charge on any atom is -0.496 e. The molecule has 2 aromatic rings. The van der Waals surface area contributed by atoms with Crippen molar-refractivity contribution in [3.05, 3.63) is 53.5 Å². The first-order valence-electron chi connectivity index (χ1n) is 7.48. The Morgan fingerprint density at radius 3 is 2.40 bits per heavy atom. The summed E-state index contributed by atoms with van der Waals surface area (Å²) in [6, 6.07) is 7.04. The van der Waals surface area contributed by atoms with Gasteiger partial charge in [0, 0.05) is 29.6 Å². The summed E-state index contributed by atoms with van der Waals surface area (Å²) >= 11 is 0. The molecule has 0 saturated heterocycles. The Hall–Kier alpha value is -3.35. The number of aliphatic imine (C=N–C) groups is 1. The second-order valence-electron chi connectivity index (χ2n) is 5.13. The predicted molar refractivity (Wildman–Crippen MR) is 93.0 cm³/mol. The molecule has 7 nitrogen and oxygen atoms in total. The molecular weight excluding hydrogens is 322 g/mol. The monoisotopic (exact) mass is 339 g/mol. The zero-order chi connectivity index (χ0) is 17.8. The number of pyridine rings is 1. The number of rotatable bonds is 5. The van der Waals surface area contributed by atoms with E-state index in [4.69, 9.17) is 14.2 Å². The standard InChI is InChI=1S/C18H17N3O4/c1-23-14-9-16(25-3)15(24-2)8-12(14)7-13-18(22)21-17(20-13)11-5-4-6-19-10-11/h4-10H,1-3H3,(H,20,21,22)/b13-7-. The molecule has 0 saturated carbocycles. The highest BCUT2D eigenvalue weighted by molar-refractivity contribution is 6.19. The SMILES string of the molecule is COc1cc(OC)c(OC)cc1/C=C1\N=C(c2cccnc2)NC1=O. The van der Waals surface area contributed by atoms with Gasteiger partial charge in [-0.15, -0.1) is 0 Å². The average molecular weight is 339 g/mol. The highest BCUT2D eigenvalue weighted by Gasteiger charge is 2.22. The molecule has 0 fully saturated rings. The molecule has 0 bridgehead atoms. The Morgan fingerprint density at radius 2 is 1.76 bits per heavy atom. The summed E-state index contributed by atoms with van der Waals surface area (Å²) in [6.07, 6.45) is 4.94. The molecular formula is C18H17N3O4. The number of methoxy groups -OCH3 is 3. The minimum atomic E-state index is -0.296. The van der Waals surface area contributed by atoms with Crippen LogP contribution >= 0.6 is 0 Å². The van der Waals surface area contributed by atoms with Crippen LogP contribution in [0, 0.1) is 0 Å². The molecule has 0 aliphatic carbocycles. The van der Waals surface area contributed by atoms with Crippen LogP contribution in [0.15, 0.2) is 47.3 Å². The lowest BCUT2D eigenvalue weighted by Crippen LogP contribution is -2.24. The summed E-state index contributed by atoms with van der Waals surface area (Å²) in [6.45, 7) is 0. The van der Waals surface area contributed by atoms with Crippen molar-refractivity contribution in [2.24, 2.45) is 4.99 Å². The van der Waals surface area contributed by atoms with Gasteiger partial charge in [-0.25, -0.2) is 4.99 Å². The first-order valence-corrected chi connectivity index (χ1v) is 7.48. The van der Waals surface area contributed by atoms with E-state index < -0.39 is 0 Å². The van der Waals surface area contributed by atoms with Crippen LogP contribution in [-0.2, 0) is 4.79 Å². The first-order chi connectivity index (χ1) is 12.2. The lowest BCUT2D eigenvalue weighted by Gasteiger charge is -2.12. The van der Waals surface area contributed by atoms with E-state index in [1.54, 1.807) is 58.0 Å². The van der Waals surface area contributed by atoms with Gasteiger partial charge >= 0.3 is 0 Å². The molecule has 7 heteroatoms. The minimum absolute atomic E-state index is 0.268. The third-order valence-corrected chi connectivity index (χ3v) is 3.66. The summed E-state index contributed by atoms with van der Waals surface area (Å²) in [5.74, 6) is 1.78. The molecule has 1 aliphatic heterocycles. The van der Waals surface area contributed by atoms with E-state index in [1.807, 2.05) is 6.07 Å². The summed E-state index contributed by atoms with van der Waals surface area (Å²) < 4.78 is 15.9. The number of hydrogen-bond donors (Lipinski definition) is 1. The number of amidine groups is 1. The van der Waals surface area contributed by atoms with E-state index in [-0.39, 0.29) is 11.6 Å². The second-order valence-corrected chi connectivity index (χ2v) is 5.13. The normalized spacial score (nSPS) is 14.9. The smallest absolute Gasteiger partial charge is 0.275 e. The van der Waals surface area contributed by atoms with Crippen molar-refractivity contribution in [1.29, 1.82) is 0 Å². The van der Waals surface area contributed by atoms with Crippen LogP contribution in [0.3, 0.4) is 0 Å². The Morgan fingerprint density at radius 1 is 1.04 bits per heavy atom. The van der Waals surface area contributed by atoms with Gasteiger partial charge in [-0.3, -0.25) is 9.78 Å².